The van der Waals surface area contributed by atoms with E-state index in [1.807, 2.05) is 21.1 Å². The molecule has 4 nitrogen and oxygen atoms in total. The first-order valence-electron chi connectivity index (χ1n) is 4.00. The van der Waals surface area contributed by atoms with Crippen LogP contribution < -0.4 is 10.2 Å². The topological polar surface area (TPSA) is 55.4 Å². The Balaban J connectivity index is 3.32. The average molecular weight is 180 g/mol. The number of nitrogen functional groups attached to an aromatic ring is 1. The highest BCUT2D eigenvalue weighted by atomic mass is 16.3. The minimum atomic E-state index is 0.446. The van der Waals surface area contributed by atoms with Crippen LogP contribution in [0, 0.1) is 4.91 Å². The molecule has 0 heterocycles. The largest absolute Gasteiger partial charge is 0.399 e. The predicted octanol–water partition coefficient (Wildman–Crippen LogP) is 1.86. The molecule has 0 bridgehead atoms. The van der Waals surface area contributed by atoms with Crippen LogP contribution in [0.3, 0.4) is 0 Å². The maximum atomic E-state index is 10.5. The van der Waals surface area contributed by atoms with E-state index < -0.39 is 0 Å². The minimum Gasteiger partial charge on any atom is -0.399 e. The molecule has 0 saturated carbocycles. The quantitative estimate of drug-likeness (QED) is 0.429. The zero-order chi connectivity index (χ0) is 10.1. The molecule has 0 aliphatic carbocycles. The lowest BCUT2D eigenvalue weighted by Gasteiger charge is -2.24. The van der Waals surface area contributed by atoms with Gasteiger partial charge in [-0.15, -0.1) is 4.91 Å². The second-order valence-corrected chi connectivity index (χ2v) is 3.85. The molecule has 1 rings (SSSR count). The van der Waals surface area contributed by atoms with Crippen LogP contribution in [-0.4, -0.2) is 21.1 Å². The molecule has 2 N–H and O–H groups in total. The first-order valence-corrected chi connectivity index (χ1v) is 4.00. The van der Waals surface area contributed by atoms with Crippen LogP contribution in [0.15, 0.2) is 23.4 Å². The molecule has 0 radical (unpaired) electrons. The lowest BCUT2D eigenvalue weighted by molar-refractivity contribution is 0.487. The molecule has 0 saturated heterocycles. The van der Waals surface area contributed by atoms with Crippen LogP contribution in [0.25, 0.3) is 0 Å². The van der Waals surface area contributed by atoms with E-state index in [1.54, 1.807) is 18.2 Å². The summed E-state index contributed by atoms with van der Waals surface area (Å²) in [5.74, 6) is 0. The fourth-order valence-corrected chi connectivity index (χ4v) is 1.15. The molecule has 1 aromatic rings. The lowest BCUT2D eigenvalue weighted by atomic mass is 10.2. The summed E-state index contributed by atoms with van der Waals surface area (Å²) in [6, 6.07) is 5.09. The fourth-order valence-electron chi connectivity index (χ4n) is 1.15. The monoisotopic (exact) mass is 180 g/mol. The van der Waals surface area contributed by atoms with Crippen molar-refractivity contribution in [3.8, 4) is 0 Å². The van der Waals surface area contributed by atoms with Crippen LogP contribution in [0.4, 0.5) is 17.1 Å². The van der Waals surface area contributed by atoms with Gasteiger partial charge in [-0.1, -0.05) is 0 Å². The Labute approximate surface area is 77.5 Å². The third-order valence-corrected chi connectivity index (χ3v) is 1.82. The number of nitrogens with zero attached hydrogens (tertiary/aromatic N) is 2. The van der Waals surface area contributed by atoms with Gasteiger partial charge in [0.15, 0.2) is 11.4 Å². The molecule has 4 heteroatoms. The van der Waals surface area contributed by atoms with E-state index in [9.17, 15) is 4.91 Å². The normalized spacial score (nSPS) is 11.3. The van der Waals surface area contributed by atoms with Crippen molar-refractivity contribution in [2.75, 3.05) is 26.9 Å². The van der Waals surface area contributed by atoms with Gasteiger partial charge < -0.3 is 5.73 Å². The van der Waals surface area contributed by atoms with E-state index >= 15 is 0 Å². The van der Waals surface area contributed by atoms with Crippen LogP contribution in [0.5, 0.6) is 0 Å². The standard InChI is InChI=1S/C9H13N3O/c1-12(2,3)9-6-7(10)4-5-8(9)11-13/h4-6H,1-3H3,(H-,10,13)/p+1. The second kappa shape index (κ2) is 3.14. The van der Waals surface area contributed by atoms with E-state index in [0.29, 0.717) is 15.9 Å². The SMILES string of the molecule is C[N+](C)(C)c1cc(N)ccc1N=O. The molecular weight excluding hydrogens is 166 g/mol. The third-order valence-electron chi connectivity index (χ3n) is 1.82. The Morgan fingerprint density at radius 3 is 2.38 bits per heavy atom. The summed E-state index contributed by atoms with van der Waals surface area (Å²) in [4.78, 5) is 10.5. The molecule has 70 valence electrons. The van der Waals surface area contributed by atoms with Gasteiger partial charge in [-0.25, -0.2) is 0 Å². The van der Waals surface area contributed by atoms with Gasteiger partial charge in [0.2, 0.25) is 0 Å². The first-order chi connectivity index (χ1) is 5.95. The summed E-state index contributed by atoms with van der Waals surface area (Å²) in [6.45, 7) is 0. The Kier molecular flexibility index (Phi) is 2.34. The molecule has 0 aromatic heterocycles. The molecule has 0 amide bonds. The molecule has 0 aliphatic rings. The number of rotatable bonds is 2. The van der Waals surface area contributed by atoms with E-state index in [2.05, 4.69) is 5.18 Å². The first kappa shape index (κ1) is 9.67. The number of nitrogens with two attached hydrogens (primary N) is 1. The van der Waals surface area contributed by atoms with Crippen molar-refractivity contribution in [3.63, 3.8) is 0 Å². The van der Waals surface area contributed by atoms with Crippen LogP contribution >= 0.6 is 0 Å². The van der Waals surface area contributed by atoms with Crippen LogP contribution in [0.1, 0.15) is 0 Å². The molecule has 0 spiro atoms. The molecule has 0 fully saturated rings. The number of hydrogen-bond acceptors (Lipinski definition) is 3. The third kappa shape index (κ3) is 2.03. The van der Waals surface area contributed by atoms with Crippen molar-refractivity contribution >= 4 is 17.1 Å². The van der Waals surface area contributed by atoms with Crippen molar-refractivity contribution in [3.05, 3.63) is 23.1 Å². The van der Waals surface area contributed by atoms with E-state index in [4.69, 9.17) is 5.73 Å². The zero-order valence-corrected chi connectivity index (χ0v) is 8.11. The molecule has 0 unspecified atom stereocenters. The van der Waals surface area contributed by atoms with Gasteiger partial charge in [-0.3, -0.25) is 4.48 Å². The van der Waals surface area contributed by atoms with Gasteiger partial charge in [0.1, 0.15) is 0 Å². The summed E-state index contributed by atoms with van der Waals surface area (Å²) < 4.78 is 0.534. The summed E-state index contributed by atoms with van der Waals surface area (Å²) in [7, 11) is 5.89. The molecular formula is C9H14N3O+. The van der Waals surface area contributed by atoms with Gasteiger partial charge in [0.05, 0.1) is 21.1 Å². The fraction of sp³-hybridized carbons (Fsp3) is 0.333. The van der Waals surface area contributed by atoms with Gasteiger partial charge in [0, 0.05) is 11.8 Å². The number of anilines is 1. The Morgan fingerprint density at radius 2 is 1.92 bits per heavy atom. The summed E-state index contributed by atoms with van der Waals surface area (Å²) in [6.07, 6.45) is 0. The van der Waals surface area contributed by atoms with Gasteiger partial charge in [0.25, 0.3) is 0 Å². The van der Waals surface area contributed by atoms with Gasteiger partial charge >= 0.3 is 0 Å². The van der Waals surface area contributed by atoms with Crippen molar-refractivity contribution in [2.24, 2.45) is 5.18 Å². The summed E-state index contributed by atoms with van der Waals surface area (Å²) in [5.41, 5.74) is 7.55. The predicted molar refractivity (Wildman–Crippen MR) is 55.9 cm³/mol. The Morgan fingerprint density at radius 1 is 1.31 bits per heavy atom. The minimum absolute atomic E-state index is 0.446. The molecule has 1 aromatic carbocycles. The highest BCUT2D eigenvalue weighted by Crippen LogP contribution is 2.31. The molecule has 0 atom stereocenters. The number of benzene rings is 1. The van der Waals surface area contributed by atoms with Crippen molar-refractivity contribution in [1.82, 2.24) is 4.48 Å². The number of quaternary nitrogens is 1. The van der Waals surface area contributed by atoms with Crippen LogP contribution in [0.2, 0.25) is 0 Å². The van der Waals surface area contributed by atoms with Crippen molar-refractivity contribution < 1.29 is 0 Å². The average Bonchev–Trinajstić information content (AvgIpc) is 2.03. The number of hydrogen-bond donors (Lipinski definition) is 1. The molecule has 13 heavy (non-hydrogen) atoms. The lowest BCUT2D eigenvalue weighted by Crippen LogP contribution is -2.34. The summed E-state index contributed by atoms with van der Waals surface area (Å²) >= 11 is 0. The van der Waals surface area contributed by atoms with Gasteiger partial charge in [-0.2, -0.15) is 0 Å². The smallest absolute Gasteiger partial charge is 0.168 e. The zero-order valence-electron chi connectivity index (χ0n) is 8.11. The highest BCUT2D eigenvalue weighted by Gasteiger charge is 2.18. The van der Waals surface area contributed by atoms with Crippen molar-refractivity contribution in [1.29, 1.82) is 0 Å². The highest BCUT2D eigenvalue weighted by molar-refractivity contribution is 5.68. The second-order valence-electron chi connectivity index (χ2n) is 3.85. The van der Waals surface area contributed by atoms with E-state index in [0.717, 1.165) is 5.69 Å². The molecule has 0 aliphatic heterocycles. The summed E-state index contributed by atoms with van der Waals surface area (Å²) in [5, 5.41) is 2.96. The Bertz CT molecular complexity index is 328. The van der Waals surface area contributed by atoms with E-state index in [1.165, 1.54) is 0 Å². The van der Waals surface area contributed by atoms with Crippen molar-refractivity contribution in [2.45, 2.75) is 0 Å². The van der Waals surface area contributed by atoms with Crippen LogP contribution in [-0.2, 0) is 0 Å². The van der Waals surface area contributed by atoms with E-state index in [-0.39, 0.29) is 0 Å². The Hall–Kier alpha value is -1.42. The maximum Gasteiger partial charge on any atom is 0.168 e. The maximum absolute atomic E-state index is 10.5. The number of nitroso groups, excluding NO2 is 1. The van der Waals surface area contributed by atoms with Gasteiger partial charge in [-0.05, 0) is 17.3 Å².